The number of carbonyl (C=O) groups is 2. The molecule has 3 saturated heterocycles. The number of furan rings is 1. The van der Waals surface area contributed by atoms with E-state index in [0.717, 1.165) is 22.7 Å². The van der Waals surface area contributed by atoms with Crippen LogP contribution in [0.3, 0.4) is 0 Å². The molecule has 2 unspecified atom stereocenters. The van der Waals surface area contributed by atoms with Crippen molar-refractivity contribution in [3.05, 3.63) is 41.9 Å². The maximum atomic E-state index is 12.9. The number of hydrogen-bond donors (Lipinski definition) is 0. The highest BCUT2D eigenvalue weighted by molar-refractivity contribution is 5.88. The van der Waals surface area contributed by atoms with Gasteiger partial charge in [-0.05, 0) is 32.3 Å². The van der Waals surface area contributed by atoms with E-state index in [-0.39, 0.29) is 12.0 Å². The lowest BCUT2D eigenvalue weighted by Crippen LogP contribution is -2.42. The Kier molecular flexibility index (Phi) is 4.12. The van der Waals surface area contributed by atoms with Crippen LogP contribution in [0.15, 0.2) is 29.2 Å². The Labute approximate surface area is 175 Å². The van der Waals surface area contributed by atoms with Crippen LogP contribution in [0.4, 0.5) is 0 Å². The van der Waals surface area contributed by atoms with Crippen LogP contribution < -0.4 is 0 Å². The van der Waals surface area contributed by atoms with Crippen molar-refractivity contribution < 1.29 is 33.0 Å². The van der Waals surface area contributed by atoms with E-state index in [1.54, 1.807) is 6.08 Å². The van der Waals surface area contributed by atoms with Crippen molar-refractivity contribution in [2.75, 3.05) is 0 Å². The lowest BCUT2D eigenvalue weighted by atomic mass is 9.83. The third-order valence-corrected chi connectivity index (χ3v) is 6.85. The van der Waals surface area contributed by atoms with Crippen molar-refractivity contribution in [1.29, 1.82) is 0 Å². The maximum Gasteiger partial charge on any atom is 0.345 e. The molecule has 160 valence electrons. The highest BCUT2D eigenvalue weighted by Gasteiger charge is 2.79. The fourth-order valence-corrected chi connectivity index (χ4v) is 5.05. The number of esters is 2. The zero-order valence-electron chi connectivity index (χ0n) is 17.4. The summed E-state index contributed by atoms with van der Waals surface area (Å²) in [7, 11) is 0. The second-order valence-electron chi connectivity index (χ2n) is 9.10. The molecule has 30 heavy (non-hydrogen) atoms. The van der Waals surface area contributed by atoms with Gasteiger partial charge in [0.25, 0.3) is 0 Å². The summed E-state index contributed by atoms with van der Waals surface area (Å²) < 4.78 is 29.4. The van der Waals surface area contributed by atoms with Gasteiger partial charge in [-0.3, -0.25) is 4.79 Å². The highest BCUT2D eigenvalue weighted by atomic mass is 16.7. The topological polar surface area (TPSA) is 90.8 Å². The number of carbonyl (C=O) groups excluding carboxylic acids is 2. The first kappa shape index (κ1) is 19.6. The summed E-state index contributed by atoms with van der Waals surface area (Å²) in [5.74, 6) is 0.502. The highest BCUT2D eigenvalue weighted by Crippen LogP contribution is 2.59. The van der Waals surface area contributed by atoms with E-state index in [2.05, 4.69) is 13.2 Å². The maximum absolute atomic E-state index is 12.9. The van der Waals surface area contributed by atoms with Crippen LogP contribution in [0.1, 0.15) is 56.8 Å². The second-order valence-corrected chi connectivity index (χ2v) is 9.10. The predicted octanol–water partition coefficient (Wildman–Crippen LogP) is 3.28. The Bertz CT molecular complexity index is 961. The molecule has 0 amide bonds. The van der Waals surface area contributed by atoms with Gasteiger partial charge >= 0.3 is 11.9 Å². The molecule has 1 aromatic rings. The number of ether oxygens (including phenoxy) is 4. The van der Waals surface area contributed by atoms with Gasteiger partial charge in [-0.25, -0.2) is 4.79 Å². The third kappa shape index (κ3) is 2.79. The molecule has 0 aromatic carbocycles. The summed E-state index contributed by atoms with van der Waals surface area (Å²) in [5.41, 5.74) is 0.0515. The van der Waals surface area contributed by atoms with Crippen LogP contribution in [0.25, 0.3) is 6.08 Å². The Hall–Kier alpha value is -2.38. The molecule has 7 atom stereocenters. The molecule has 4 bridgehead atoms. The molecular weight excluding hydrogens is 388 g/mol. The van der Waals surface area contributed by atoms with Crippen LogP contribution in [-0.2, 0) is 35.0 Å². The smallest absolute Gasteiger partial charge is 0.345 e. The minimum absolute atomic E-state index is 0.0922. The minimum atomic E-state index is -1.24. The summed E-state index contributed by atoms with van der Waals surface area (Å²) in [6.07, 6.45) is 1.29. The van der Waals surface area contributed by atoms with Gasteiger partial charge in [0.15, 0.2) is 0 Å². The van der Waals surface area contributed by atoms with Gasteiger partial charge in [0.1, 0.15) is 41.5 Å². The molecule has 0 radical (unpaired) electrons. The third-order valence-electron chi connectivity index (χ3n) is 6.85. The Morgan fingerprint density at radius 3 is 2.73 bits per heavy atom. The number of rotatable bonds is 3. The first-order valence-electron chi connectivity index (χ1n) is 10.3. The summed E-state index contributed by atoms with van der Waals surface area (Å²) in [6.45, 7) is 13.3. The van der Waals surface area contributed by atoms with E-state index in [9.17, 15) is 9.59 Å². The van der Waals surface area contributed by atoms with Crippen molar-refractivity contribution in [2.24, 2.45) is 5.92 Å². The molecule has 4 aliphatic heterocycles. The van der Waals surface area contributed by atoms with E-state index in [1.807, 2.05) is 19.9 Å². The summed E-state index contributed by atoms with van der Waals surface area (Å²) >= 11 is 0. The first-order chi connectivity index (χ1) is 14.2. The molecule has 0 spiro atoms. The van der Waals surface area contributed by atoms with Gasteiger partial charge in [-0.2, -0.15) is 0 Å². The molecular formula is C23H26O7. The quantitative estimate of drug-likeness (QED) is 0.426. The van der Waals surface area contributed by atoms with Gasteiger partial charge in [-0.15, -0.1) is 0 Å². The largest absolute Gasteiger partial charge is 0.463 e. The molecule has 0 aliphatic carbocycles. The predicted molar refractivity (Wildman–Crippen MR) is 105 cm³/mol. The molecule has 7 nitrogen and oxygen atoms in total. The van der Waals surface area contributed by atoms with E-state index in [1.165, 1.54) is 6.92 Å². The SMILES string of the molecule is C=Cc1cc2oc1C[C@@H](C(=C)C)C[C@H](OC(C)=O)C13O[C@@H]1[C@@H](CC1(C)O[C@@H]21)OC3=O. The Morgan fingerprint density at radius 2 is 2.10 bits per heavy atom. The van der Waals surface area contributed by atoms with Crippen LogP contribution in [0.5, 0.6) is 0 Å². The van der Waals surface area contributed by atoms with Crippen molar-refractivity contribution in [3.8, 4) is 0 Å². The van der Waals surface area contributed by atoms with E-state index in [0.29, 0.717) is 19.3 Å². The average molecular weight is 414 g/mol. The zero-order valence-corrected chi connectivity index (χ0v) is 17.4. The molecule has 1 aromatic heterocycles. The van der Waals surface area contributed by atoms with Crippen molar-refractivity contribution in [2.45, 2.75) is 75.7 Å². The van der Waals surface area contributed by atoms with Gasteiger partial charge in [0.05, 0.1) is 0 Å². The average Bonchev–Trinajstić information content (AvgIpc) is 3.49. The number of hydrogen-bond acceptors (Lipinski definition) is 7. The van der Waals surface area contributed by atoms with Crippen molar-refractivity contribution in [3.63, 3.8) is 0 Å². The molecule has 5 rings (SSSR count). The lowest BCUT2D eigenvalue weighted by Gasteiger charge is -2.26. The van der Waals surface area contributed by atoms with Gasteiger partial charge < -0.3 is 23.4 Å². The van der Waals surface area contributed by atoms with Crippen molar-refractivity contribution >= 4 is 18.0 Å². The summed E-state index contributed by atoms with van der Waals surface area (Å²) in [6, 6.07) is 1.96. The van der Waals surface area contributed by atoms with Crippen LogP contribution >= 0.6 is 0 Å². The van der Waals surface area contributed by atoms with Gasteiger partial charge in [-0.1, -0.05) is 24.8 Å². The lowest BCUT2D eigenvalue weighted by molar-refractivity contribution is -0.165. The molecule has 4 aliphatic rings. The molecule has 5 heterocycles. The minimum Gasteiger partial charge on any atom is -0.463 e. The normalized spacial score (nSPS) is 41.2. The fraction of sp³-hybridized carbons (Fsp3) is 0.565. The number of allylic oxidation sites excluding steroid dienone is 1. The standard InChI is InChI=1S/C23H26O7/c1-6-13-7-16-19-22(5,29-19)10-17-20-23(30-20,21(25)28-17)18(26-12(4)24)9-14(11(2)3)8-15(13)27-16/h6-7,14,17-20H,1-2,8-10H2,3-5H3/t14-,17-,18+,19+,20-,22?,23?/m1/s1. The molecule has 7 heteroatoms. The first-order valence-corrected chi connectivity index (χ1v) is 10.3. The Morgan fingerprint density at radius 1 is 1.33 bits per heavy atom. The summed E-state index contributed by atoms with van der Waals surface area (Å²) in [5, 5.41) is 0. The molecule has 0 N–H and O–H groups in total. The zero-order chi connectivity index (χ0) is 21.4. The second kappa shape index (κ2) is 6.31. The summed E-state index contributed by atoms with van der Waals surface area (Å²) in [4.78, 5) is 24.7. The van der Waals surface area contributed by atoms with Gasteiger partial charge in [0, 0.05) is 25.3 Å². The van der Waals surface area contributed by atoms with Crippen molar-refractivity contribution in [1.82, 2.24) is 0 Å². The Balaban J connectivity index is 1.57. The van der Waals surface area contributed by atoms with Gasteiger partial charge in [0.2, 0.25) is 5.60 Å². The number of fused-ring (bicyclic) bond motifs is 4. The van der Waals surface area contributed by atoms with Crippen LogP contribution in [0, 0.1) is 5.92 Å². The molecule has 0 saturated carbocycles. The molecule has 3 fully saturated rings. The monoisotopic (exact) mass is 414 g/mol. The van der Waals surface area contributed by atoms with E-state index in [4.69, 9.17) is 23.4 Å². The van der Waals surface area contributed by atoms with E-state index < -0.39 is 41.5 Å². The number of epoxide rings is 2. The fourth-order valence-electron chi connectivity index (χ4n) is 5.05. The van der Waals surface area contributed by atoms with Crippen LogP contribution in [-0.4, -0.2) is 41.5 Å². The van der Waals surface area contributed by atoms with Crippen LogP contribution in [0.2, 0.25) is 0 Å². The van der Waals surface area contributed by atoms with E-state index >= 15 is 0 Å².